The summed E-state index contributed by atoms with van der Waals surface area (Å²) >= 11 is 0. The van der Waals surface area contributed by atoms with E-state index in [1.807, 2.05) is 31.2 Å². The number of carbonyl (C=O) groups excluding carboxylic acids is 2. The molecule has 0 aliphatic carbocycles. The van der Waals surface area contributed by atoms with Gasteiger partial charge in [0.05, 0.1) is 0 Å². The molecule has 0 spiro atoms. The van der Waals surface area contributed by atoms with Crippen LogP contribution in [0.25, 0.3) is 0 Å². The molecule has 6 heteroatoms. The molecule has 110 valence electrons. The molecule has 0 saturated heterocycles. The van der Waals surface area contributed by atoms with Gasteiger partial charge in [-0.15, -0.1) is 0 Å². The number of hydrogen-bond acceptors (Lipinski definition) is 4. The number of nitrogens with zero attached hydrogens (tertiary/aromatic N) is 1. The molecule has 0 aliphatic rings. The highest BCUT2D eigenvalue weighted by Crippen LogP contribution is 2.13. The Balaban J connectivity index is 2.55. The minimum atomic E-state index is -0.473. The van der Waals surface area contributed by atoms with Gasteiger partial charge in [-0.05, 0) is 18.6 Å². The van der Waals surface area contributed by atoms with E-state index >= 15 is 0 Å². The molecule has 1 aromatic rings. The lowest BCUT2D eigenvalue weighted by molar-refractivity contribution is -0.119. The molecule has 1 rings (SSSR count). The number of hydrogen-bond donors (Lipinski definition) is 3. The van der Waals surface area contributed by atoms with E-state index in [4.69, 9.17) is 5.26 Å². The first-order valence-corrected chi connectivity index (χ1v) is 6.49. The SMILES string of the molecule is CC(=O)NCCN/C=C(/C#N)C(=O)Nc1ccccc1C. The molecule has 0 unspecified atom stereocenters. The molecule has 21 heavy (non-hydrogen) atoms. The lowest BCUT2D eigenvalue weighted by Crippen LogP contribution is -2.28. The van der Waals surface area contributed by atoms with Crippen molar-refractivity contribution in [1.82, 2.24) is 10.6 Å². The van der Waals surface area contributed by atoms with Crippen molar-refractivity contribution in [2.75, 3.05) is 18.4 Å². The van der Waals surface area contributed by atoms with Crippen LogP contribution in [0.15, 0.2) is 36.0 Å². The van der Waals surface area contributed by atoms with Crippen LogP contribution in [0.4, 0.5) is 5.69 Å². The van der Waals surface area contributed by atoms with E-state index in [1.54, 1.807) is 6.07 Å². The Bertz CT molecular complexity index is 588. The number of carbonyl (C=O) groups is 2. The van der Waals surface area contributed by atoms with Gasteiger partial charge in [0.15, 0.2) is 0 Å². The van der Waals surface area contributed by atoms with Crippen molar-refractivity contribution < 1.29 is 9.59 Å². The Labute approximate surface area is 123 Å². The zero-order valence-corrected chi connectivity index (χ0v) is 12.1. The number of benzene rings is 1. The zero-order chi connectivity index (χ0) is 15.7. The van der Waals surface area contributed by atoms with E-state index in [9.17, 15) is 9.59 Å². The number of anilines is 1. The van der Waals surface area contributed by atoms with Crippen molar-refractivity contribution in [2.24, 2.45) is 0 Å². The minimum absolute atomic E-state index is 0.0268. The monoisotopic (exact) mass is 286 g/mol. The third-order valence-corrected chi connectivity index (χ3v) is 2.65. The van der Waals surface area contributed by atoms with Gasteiger partial charge in [0.2, 0.25) is 5.91 Å². The van der Waals surface area contributed by atoms with E-state index in [2.05, 4.69) is 16.0 Å². The van der Waals surface area contributed by atoms with Crippen LogP contribution < -0.4 is 16.0 Å². The molecule has 0 radical (unpaired) electrons. The van der Waals surface area contributed by atoms with Crippen molar-refractivity contribution in [2.45, 2.75) is 13.8 Å². The highest BCUT2D eigenvalue weighted by molar-refractivity contribution is 6.06. The minimum Gasteiger partial charge on any atom is -0.388 e. The normalized spacial score (nSPS) is 10.4. The van der Waals surface area contributed by atoms with Crippen LogP contribution in [0.2, 0.25) is 0 Å². The summed E-state index contributed by atoms with van der Waals surface area (Å²) in [5.74, 6) is -0.600. The Hall–Kier alpha value is -2.81. The van der Waals surface area contributed by atoms with E-state index in [0.717, 1.165) is 5.56 Å². The fraction of sp³-hybridized carbons (Fsp3) is 0.267. The Morgan fingerprint density at radius 2 is 2.00 bits per heavy atom. The summed E-state index contributed by atoms with van der Waals surface area (Å²) in [6.07, 6.45) is 1.34. The maximum atomic E-state index is 12.0. The summed E-state index contributed by atoms with van der Waals surface area (Å²) in [5.41, 5.74) is 1.56. The maximum Gasteiger partial charge on any atom is 0.267 e. The predicted octanol–water partition coefficient (Wildman–Crippen LogP) is 1.07. The fourth-order valence-electron chi connectivity index (χ4n) is 1.54. The van der Waals surface area contributed by atoms with Crippen LogP contribution in [0.1, 0.15) is 12.5 Å². The summed E-state index contributed by atoms with van der Waals surface area (Å²) < 4.78 is 0. The summed E-state index contributed by atoms with van der Waals surface area (Å²) in [4.78, 5) is 22.6. The topological polar surface area (TPSA) is 94.0 Å². The van der Waals surface area contributed by atoms with E-state index in [0.29, 0.717) is 18.8 Å². The molecule has 0 fully saturated rings. The van der Waals surface area contributed by atoms with Crippen molar-refractivity contribution in [3.05, 3.63) is 41.6 Å². The molecule has 0 aromatic heterocycles. The number of amides is 2. The van der Waals surface area contributed by atoms with Gasteiger partial charge in [-0.2, -0.15) is 5.26 Å². The van der Waals surface area contributed by atoms with Gasteiger partial charge in [-0.25, -0.2) is 0 Å². The molecule has 3 N–H and O–H groups in total. The van der Waals surface area contributed by atoms with Crippen LogP contribution in [0.3, 0.4) is 0 Å². The average molecular weight is 286 g/mol. The third kappa shape index (κ3) is 5.78. The van der Waals surface area contributed by atoms with Crippen molar-refractivity contribution in [1.29, 1.82) is 5.26 Å². The molecule has 6 nitrogen and oxygen atoms in total. The number of nitrogens with one attached hydrogen (secondary N) is 3. The first kappa shape index (κ1) is 16.2. The van der Waals surface area contributed by atoms with Crippen LogP contribution in [0, 0.1) is 18.3 Å². The highest BCUT2D eigenvalue weighted by Gasteiger charge is 2.09. The summed E-state index contributed by atoms with van der Waals surface area (Å²) in [7, 11) is 0. The Morgan fingerprint density at radius 1 is 1.29 bits per heavy atom. The first-order valence-electron chi connectivity index (χ1n) is 6.49. The number of nitriles is 1. The zero-order valence-electron chi connectivity index (χ0n) is 12.1. The van der Waals surface area contributed by atoms with Gasteiger partial charge in [0.1, 0.15) is 11.6 Å². The molecule has 0 aliphatic heterocycles. The summed E-state index contributed by atoms with van der Waals surface area (Å²) in [6, 6.07) is 9.16. The molecule has 0 atom stereocenters. The second kappa shape index (κ2) is 8.38. The van der Waals surface area contributed by atoms with Crippen molar-refractivity contribution in [3.8, 4) is 6.07 Å². The quantitative estimate of drug-likeness (QED) is 0.414. The second-order valence-electron chi connectivity index (χ2n) is 4.38. The average Bonchev–Trinajstić information content (AvgIpc) is 2.45. The molecule has 0 bridgehead atoms. The number of para-hydroxylation sites is 1. The molecule has 1 aromatic carbocycles. The van der Waals surface area contributed by atoms with Crippen LogP contribution in [-0.2, 0) is 9.59 Å². The summed E-state index contributed by atoms with van der Waals surface area (Å²) in [5, 5.41) is 17.1. The van der Waals surface area contributed by atoms with Gasteiger partial charge >= 0.3 is 0 Å². The van der Waals surface area contributed by atoms with E-state index in [-0.39, 0.29) is 11.5 Å². The second-order valence-corrected chi connectivity index (χ2v) is 4.38. The lowest BCUT2D eigenvalue weighted by Gasteiger charge is -2.07. The van der Waals surface area contributed by atoms with Gasteiger partial charge < -0.3 is 16.0 Å². The number of aryl methyl sites for hydroxylation is 1. The van der Waals surface area contributed by atoms with Crippen LogP contribution in [-0.4, -0.2) is 24.9 Å². The highest BCUT2D eigenvalue weighted by atomic mass is 16.2. The van der Waals surface area contributed by atoms with E-state index < -0.39 is 5.91 Å². The molecular weight excluding hydrogens is 268 g/mol. The van der Waals surface area contributed by atoms with Crippen LogP contribution >= 0.6 is 0 Å². The molecule has 0 saturated carbocycles. The predicted molar refractivity (Wildman–Crippen MR) is 80.2 cm³/mol. The standard InChI is InChI=1S/C15H18N4O2/c1-11-5-3-4-6-14(11)19-15(21)13(9-16)10-17-7-8-18-12(2)20/h3-6,10,17H,7-8H2,1-2H3,(H,18,20)(H,19,21)/b13-10-. The van der Waals surface area contributed by atoms with Gasteiger partial charge in [0.25, 0.3) is 5.91 Å². The number of rotatable bonds is 6. The fourth-order valence-corrected chi connectivity index (χ4v) is 1.54. The molecule has 2 amide bonds. The van der Waals surface area contributed by atoms with Crippen molar-refractivity contribution in [3.63, 3.8) is 0 Å². The van der Waals surface area contributed by atoms with Gasteiger partial charge in [-0.3, -0.25) is 9.59 Å². The van der Waals surface area contributed by atoms with Gasteiger partial charge in [-0.1, -0.05) is 18.2 Å². The Kier molecular flexibility index (Phi) is 6.48. The van der Waals surface area contributed by atoms with Crippen LogP contribution in [0.5, 0.6) is 0 Å². The summed E-state index contributed by atoms with van der Waals surface area (Å²) in [6.45, 7) is 4.15. The molecular formula is C15H18N4O2. The van der Waals surface area contributed by atoms with E-state index in [1.165, 1.54) is 13.1 Å². The maximum absolute atomic E-state index is 12.0. The smallest absolute Gasteiger partial charge is 0.267 e. The first-order chi connectivity index (χ1) is 10.0. The van der Waals surface area contributed by atoms with Crippen molar-refractivity contribution >= 4 is 17.5 Å². The van der Waals surface area contributed by atoms with Gasteiger partial charge in [0, 0.05) is 31.9 Å². The Morgan fingerprint density at radius 3 is 2.62 bits per heavy atom. The largest absolute Gasteiger partial charge is 0.388 e. The third-order valence-electron chi connectivity index (χ3n) is 2.65. The molecule has 0 heterocycles. The lowest BCUT2D eigenvalue weighted by atomic mass is 10.2.